The highest BCUT2D eigenvalue weighted by molar-refractivity contribution is 7.99. The Morgan fingerprint density at radius 3 is 2.00 bits per heavy atom. The molecule has 2 rings (SSSR count). The summed E-state index contributed by atoms with van der Waals surface area (Å²) in [6.07, 6.45) is 0. The third-order valence-corrected chi connectivity index (χ3v) is 4.10. The molecule has 0 aliphatic rings. The second kappa shape index (κ2) is 5.72. The van der Waals surface area contributed by atoms with Crippen LogP contribution in [-0.2, 0) is 0 Å². The lowest BCUT2D eigenvalue weighted by Crippen LogP contribution is -2.04. The predicted molar refractivity (Wildman–Crippen MR) is 79.4 cm³/mol. The standard InChI is InChI=1S/C15H19N3S/c1-9-11(3)17-15(18-12(9)4)19-14-7-5-13(6-8-14)10(2)16/h5-8,10H,16H2,1-4H3. The zero-order valence-corrected chi connectivity index (χ0v) is 12.6. The van der Waals surface area contributed by atoms with Gasteiger partial charge >= 0.3 is 0 Å². The summed E-state index contributed by atoms with van der Waals surface area (Å²) < 4.78 is 0. The molecule has 1 aromatic heterocycles. The van der Waals surface area contributed by atoms with Gasteiger partial charge in [-0.05, 0) is 62.7 Å². The van der Waals surface area contributed by atoms with Crippen LogP contribution in [0, 0.1) is 20.8 Å². The summed E-state index contributed by atoms with van der Waals surface area (Å²) in [6, 6.07) is 8.31. The molecule has 1 unspecified atom stereocenters. The topological polar surface area (TPSA) is 51.8 Å². The average Bonchev–Trinajstić information content (AvgIpc) is 2.36. The van der Waals surface area contributed by atoms with E-state index in [-0.39, 0.29) is 6.04 Å². The molecular weight excluding hydrogens is 254 g/mol. The van der Waals surface area contributed by atoms with E-state index in [2.05, 4.69) is 41.2 Å². The van der Waals surface area contributed by atoms with Crippen molar-refractivity contribution in [1.82, 2.24) is 9.97 Å². The monoisotopic (exact) mass is 273 g/mol. The Bertz CT molecular complexity index is 553. The van der Waals surface area contributed by atoms with Gasteiger partial charge in [-0.1, -0.05) is 12.1 Å². The molecule has 1 heterocycles. The van der Waals surface area contributed by atoms with Crippen LogP contribution in [0.25, 0.3) is 0 Å². The second-order valence-corrected chi connectivity index (χ2v) is 5.80. The number of nitrogens with zero attached hydrogens (tertiary/aromatic N) is 2. The van der Waals surface area contributed by atoms with Gasteiger partial charge < -0.3 is 5.73 Å². The molecule has 4 heteroatoms. The van der Waals surface area contributed by atoms with E-state index < -0.39 is 0 Å². The van der Waals surface area contributed by atoms with Crippen LogP contribution in [0.15, 0.2) is 34.3 Å². The molecule has 2 aromatic rings. The van der Waals surface area contributed by atoms with Crippen LogP contribution in [0.4, 0.5) is 0 Å². The fraction of sp³-hybridized carbons (Fsp3) is 0.333. The van der Waals surface area contributed by atoms with Crippen LogP contribution in [0.3, 0.4) is 0 Å². The number of aromatic nitrogens is 2. The fourth-order valence-electron chi connectivity index (χ4n) is 1.73. The minimum Gasteiger partial charge on any atom is -0.324 e. The third kappa shape index (κ3) is 3.33. The second-order valence-electron chi connectivity index (χ2n) is 4.76. The van der Waals surface area contributed by atoms with Crippen molar-refractivity contribution in [3.63, 3.8) is 0 Å². The molecule has 0 fully saturated rings. The Morgan fingerprint density at radius 2 is 1.53 bits per heavy atom. The molecule has 1 aromatic carbocycles. The number of nitrogens with two attached hydrogens (primary N) is 1. The van der Waals surface area contributed by atoms with Gasteiger partial charge in [0.25, 0.3) is 0 Å². The molecule has 3 nitrogen and oxygen atoms in total. The van der Waals surface area contributed by atoms with Gasteiger partial charge in [-0.3, -0.25) is 0 Å². The molecule has 0 amide bonds. The van der Waals surface area contributed by atoms with E-state index in [4.69, 9.17) is 5.73 Å². The van der Waals surface area contributed by atoms with Crippen LogP contribution in [0.2, 0.25) is 0 Å². The molecule has 0 saturated carbocycles. The number of benzene rings is 1. The highest BCUT2D eigenvalue weighted by Crippen LogP contribution is 2.26. The zero-order valence-electron chi connectivity index (χ0n) is 11.8. The van der Waals surface area contributed by atoms with Gasteiger partial charge in [0.1, 0.15) is 0 Å². The van der Waals surface area contributed by atoms with E-state index >= 15 is 0 Å². The van der Waals surface area contributed by atoms with Crippen LogP contribution in [0.5, 0.6) is 0 Å². The minimum absolute atomic E-state index is 0.0687. The summed E-state index contributed by atoms with van der Waals surface area (Å²) in [4.78, 5) is 10.2. The van der Waals surface area contributed by atoms with Crippen molar-refractivity contribution in [3.8, 4) is 0 Å². The lowest BCUT2D eigenvalue weighted by atomic mass is 10.1. The molecule has 0 saturated heterocycles. The number of hydrogen-bond donors (Lipinski definition) is 1. The molecule has 0 spiro atoms. The SMILES string of the molecule is Cc1nc(Sc2ccc(C(C)N)cc2)nc(C)c1C. The molecule has 1 atom stereocenters. The average molecular weight is 273 g/mol. The van der Waals surface area contributed by atoms with E-state index in [1.165, 1.54) is 0 Å². The normalized spacial score (nSPS) is 12.5. The van der Waals surface area contributed by atoms with Gasteiger partial charge in [-0.2, -0.15) is 0 Å². The first kappa shape index (κ1) is 14.0. The van der Waals surface area contributed by atoms with E-state index in [9.17, 15) is 0 Å². The summed E-state index contributed by atoms with van der Waals surface area (Å²) in [6.45, 7) is 8.08. The van der Waals surface area contributed by atoms with Gasteiger partial charge in [-0.15, -0.1) is 0 Å². The van der Waals surface area contributed by atoms with Gasteiger partial charge in [0.15, 0.2) is 5.16 Å². The molecule has 0 radical (unpaired) electrons. The molecule has 0 bridgehead atoms. The third-order valence-electron chi connectivity index (χ3n) is 3.23. The minimum atomic E-state index is 0.0687. The lowest BCUT2D eigenvalue weighted by molar-refractivity contribution is 0.816. The highest BCUT2D eigenvalue weighted by Gasteiger charge is 2.07. The largest absolute Gasteiger partial charge is 0.324 e. The Hall–Kier alpha value is -1.39. The Labute approximate surface area is 118 Å². The van der Waals surface area contributed by atoms with Crippen molar-refractivity contribution in [3.05, 3.63) is 46.8 Å². The fourth-order valence-corrected chi connectivity index (χ4v) is 2.58. The van der Waals surface area contributed by atoms with Crippen LogP contribution in [-0.4, -0.2) is 9.97 Å². The molecule has 0 aliphatic carbocycles. The Morgan fingerprint density at radius 1 is 1.00 bits per heavy atom. The van der Waals surface area contributed by atoms with Crippen LogP contribution < -0.4 is 5.73 Å². The first-order chi connectivity index (χ1) is 8.97. The Kier molecular flexibility index (Phi) is 4.22. The first-order valence-electron chi connectivity index (χ1n) is 6.32. The summed E-state index contributed by atoms with van der Waals surface area (Å²) >= 11 is 1.58. The van der Waals surface area contributed by atoms with Crippen LogP contribution in [0.1, 0.15) is 35.5 Å². The lowest BCUT2D eigenvalue weighted by Gasteiger charge is -2.08. The van der Waals surface area contributed by atoms with Gasteiger partial charge in [0.2, 0.25) is 0 Å². The first-order valence-corrected chi connectivity index (χ1v) is 7.14. The van der Waals surface area contributed by atoms with Crippen molar-refractivity contribution < 1.29 is 0 Å². The van der Waals surface area contributed by atoms with E-state index in [1.54, 1.807) is 11.8 Å². The molecule has 100 valence electrons. The quantitative estimate of drug-likeness (QED) is 0.869. The van der Waals surface area contributed by atoms with E-state index in [0.29, 0.717) is 0 Å². The van der Waals surface area contributed by atoms with Crippen LogP contribution >= 0.6 is 11.8 Å². The van der Waals surface area contributed by atoms with E-state index in [1.807, 2.05) is 20.8 Å². The molecule has 2 N–H and O–H groups in total. The Balaban J connectivity index is 2.21. The molecule has 19 heavy (non-hydrogen) atoms. The summed E-state index contributed by atoms with van der Waals surface area (Å²) in [5.41, 5.74) is 10.2. The maximum atomic E-state index is 5.84. The van der Waals surface area contributed by atoms with Gasteiger partial charge in [0.05, 0.1) is 0 Å². The maximum Gasteiger partial charge on any atom is 0.192 e. The molecular formula is C15H19N3S. The van der Waals surface area contributed by atoms with Gasteiger partial charge in [0, 0.05) is 22.3 Å². The summed E-state index contributed by atoms with van der Waals surface area (Å²) in [7, 11) is 0. The number of aryl methyl sites for hydroxylation is 2. The predicted octanol–water partition coefficient (Wildman–Crippen LogP) is 3.57. The summed E-state index contributed by atoms with van der Waals surface area (Å²) in [5.74, 6) is 0. The smallest absolute Gasteiger partial charge is 0.192 e. The van der Waals surface area contributed by atoms with Crippen molar-refractivity contribution in [2.45, 2.75) is 43.8 Å². The van der Waals surface area contributed by atoms with Crippen molar-refractivity contribution in [1.29, 1.82) is 0 Å². The summed E-state index contributed by atoms with van der Waals surface area (Å²) in [5, 5.41) is 0.800. The molecule has 0 aliphatic heterocycles. The highest BCUT2D eigenvalue weighted by atomic mass is 32.2. The number of rotatable bonds is 3. The van der Waals surface area contributed by atoms with Crippen molar-refractivity contribution in [2.75, 3.05) is 0 Å². The van der Waals surface area contributed by atoms with Gasteiger partial charge in [-0.25, -0.2) is 9.97 Å². The van der Waals surface area contributed by atoms with Crippen molar-refractivity contribution in [2.24, 2.45) is 5.73 Å². The van der Waals surface area contributed by atoms with E-state index in [0.717, 1.165) is 32.6 Å². The van der Waals surface area contributed by atoms with Crippen molar-refractivity contribution >= 4 is 11.8 Å². The zero-order chi connectivity index (χ0) is 14.0. The number of hydrogen-bond acceptors (Lipinski definition) is 4. The maximum absolute atomic E-state index is 5.84.